The van der Waals surface area contributed by atoms with E-state index < -0.39 is 73.5 Å². The van der Waals surface area contributed by atoms with Crippen LogP contribution in [0.25, 0.3) is 0 Å². The van der Waals surface area contributed by atoms with Gasteiger partial charge in [0.1, 0.15) is 24.2 Å². The van der Waals surface area contributed by atoms with Crippen LogP contribution in [0, 0.1) is 0 Å². The van der Waals surface area contributed by atoms with Gasteiger partial charge in [0.2, 0.25) is 17.7 Å². The fraction of sp³-hybridized carbons (Fsp3) is 0.667. The second kappa shape index (κ2) is 10.5. The zero-order valence-electron chi connectivity index (χ0n) is 14.9. The van der Waals surface area contributed by atoms with Gasteiger partial charge in [0.05, 0.1) is 19.6 Å². The number of carbonyl (C=O) groups is 5. The number of aliphatic hydroxyl groups excluding tert-OH is 2. The summed E-state index contributed by atoms with van der Waals surface area (Å²) in [7, 11) is 0. The Morgan fingerprint density at radius 1 is 1.04 bits per heavy atom. The summed E-state index contributed by atoms with van der Waals surface area (Å²) in [5.74, 6) is -5.56. The van der Waals surface area contributed by atoms with Crippen molar-refractivity contribution >= 4 is 29.7 Å². The monoisotopic (exact) mass is 404 g/mol. The van der Waals surface area contributed by atoms with E-state index in [0.717, 1.165) is 4.90 Å². The Bertz CT molecular complexity index is 627. The van der Waals surface area contributed by atoms with Crippen molar-refractivity contribution in [2.24, 2.45) is 5.73 Å². The Labute approximate surface area is 159 Å². The average molecular weight is 404 g/mol. The quantitative estimate of drug-likeness (QED) is 0.186. The second-order valence-electron chi connectivity index (χ2n) is 6.22. The molecule has 4 unspecified atom stereocenters. The van der Waals surface area contributed by atoms with Crippen LogP contribution < -0.4 is 16.4 Å². The standard InChI is InChI=1S/C15H24N4O9/c16-7(5-20)14(26)19-3-1-2-10(19)13(25)17-8(4-11(22)23)12(24)18-9(6-21)15(27)28/h7-10,20-21H,1-6,16H2,(H,17,25)(H,18,24)(H,22,23)(H,27,28). The first kappa shape index (κ1) is 23.3. The van der Waals surface area contributed by atoms with Gasteiger partial charge in [0.25, 0.3) is 0 Å². The fourth-order valence-corrected chi connectivity index (χ4v) is 2.70. The lowest BCUT2D eigenvalue weighted by molar-refractivity contribution is -0.145. The molecule has 158 valence electrons. The highest BCUT2D eigenvalue weighted by Crippen LogP contribution is 2.18. The smallest absolute Gasteiger partial charge is 0.328 e. The van der Waals surface area contributed by atoms with Gasteiger partial charge >= 0.3 is 11.9 Å². The molecule has 1 saturated heterocycles. The maximum atomic E-state index is 12.5. The van der Waals surface area contributed by atoms with Crippen LogP contribution in [-0.4, -0.2) is 98.9 Å². The Hall–Kier alpha value is -2.77. The summed E-state index contributed by atoms with van der Waals surface area (Å²) >= 11 is 0. The molecule has 3 amide bonds. The van der Waals surface area contributed by atoms with Crippen LogP contribution in [0.5, 0.6) is 0 Å². The summed E-state index contributed by atoms with van der Waals surface area (Å²) in [5, 5.41) is 39.9. The van der Waals surface area contributed by atoms with E-state index in [2.05, 4.69) is 5.32 Å². The largest absolute Gasteiger partial charge is 0.481 e. The number of rotatable bonds is 10. The van der Waals surface area contributed by atoms with Crippen molar-refractivity contribution in [1.82, 2.24) is 15.5 Å². The van der Waals surface area contributed by atoms with Gasteiger partial charge in [-0.2, -0.15) is 0 Å². The van der Waals surface area contributed by atoms with Gasteiger partial charge in [0.15, 0.2) is 0 Å². The van der Waals surface area contributed by atoms with Crippen molar-refractivity contribution in [2.75, 3.05) is 19.8 Å². The lowest BCUT2D eigenvalue weighted by atomic mass is 10.1. The van der Waals surface area contributed by atoms with E-state index in [-0.39, 0.29) is 13.0 Å². The average Bonchev–Trinajstić information content (AvgIpc) is 3.13. The van der Waals surface area contributed by atoms with E-state index >= 15 is 0 Å². The number of carboxylic acid groups (broad SMARTS) is 2. The lowest BCUT2D eigenvalue weighted by Crippen LogP contribution is -2.57. The number of nitrogens with one attached hydrogen (secondary N) is 2. The topological polar surface area (TPSA) is 220 Å². The number of hydrogen-bond donors (Lipinski definition) is 7. The lowest BCUT2D eigenvalue weighted by Gasteiger charge is -2.27. The molecule has 0 aromatic heterocycles. The van der Waals surface area contributed by atoms with E-state index in [1.54, 1.807) is 0 Å². The third kappa shape index (κ3) is 6.14. The number of hydrogen-bond acceptors (Lipinski definition) is 8. The van der Waals surface area contributed by atoms with Crippen LogP contribution in [0.4, 0.5) is 0 Å². The molecule has 0 aromatic carbocycles. The molecule has 13 heteroatoms. The van der Waals surface area contributed by atoms with Gasteiger partial charge in [-0.05, 0) is 12.8 Å². The maximum absolute atomic E-state index is 12.5. The number of nitrogens with two attached hydrogens (primary N) is 1. The van der Waals surface area contributed by atoms with E-state index in [0.29, 0.717) is 6.42 Å². The number of aliphatic hydroxyl groups is 2. The third-order valence-corrected chi connectivity index (χ3v) is 4.16. The summed E-state index contributed by atoms with van der Waals surface area (Å²) in [6.45, 7) is -1.35. The second-order valence-corrected chi connectivity index (χ2v) is 6.22. The van der Waals surface area contributed by atoms with Crippen molar-refractivity contribution in [2.45, 2.75) is 43.4 Å². The highest BCUT2D eigenvalue weighted by Gasteiger charge is 2.38. The number of aliphatic carboxylic acids is 2. The van der Waals surface area contributed by atoms with Gasteiger partial charge < -0.3 is 41.7 Å². The summed E-state index contributed by atoms with van der Waals surface area (Å²) in [6, 6.07) is -5.52. The minimum atomic E-state index is -1.67. The van der Waals surface area contributed by atoms with Gasteiger partial charge in [-0.1, -0.05) is 0 Å². The van der Waals surface area contributed by atoms with Crippen molar-refractivity contribution in [3.63, 3.8) is 0 Å². The fourth-order valence-electron chi connectivity index (χ4n) is 2.70. The van der Waals surface area contributed by atoms with Crippen molar-refractivity contribution in [3.8, 4) is 0 Å². The van der Waals surface area contributed by atoms with Crippen LogP contribution in [-0.2, 0) is 24.0 Å². The third-order valence-electron chi connectivity index (χ3n) is 4.16. The molecule has 1 heterocycles. The van der Waals surface area contributed by atoms with Crippen LogP contribution in [0.1, 0.15) is 19.3 Å². The zero-order chi connectivity index (χ0) is 21.4. The summed E-state index contributed by atoms with van der Waals surface area (Å²) < 4.78 is 0. The molecule has 0 spiro atoms. The molecule has 1 fully saturated rings. The number of likely N-dealkylation sites (tertiary alicyclic amines) is 1. The molecule has 4 atom stereocenters. The highest BCUT2D eigenvalue weighted by atomic mass is 16.4. The molecule has 8 N–H and O–H groups in total. The molecule has 0 aliphatic carbocycles. The van der Waals surface area contributed by atoms with Crippen molar-refractivity contribution in [3.05, 3.63) is 0 Å². The number of nitrogens with zero attached hydrogens (tertiary/aromatic N) is 1. The first-order valence-electron chi connectivity index (χ1n) is 8.45. The zero-order valence-corrected chi connectivity index (χ0v) is 14.9. The van der Waals surface area contributed by atoms with Gasteiger partial charge in [-0.25, -0.2) is 4.79 Å². The maximum Gasteiger partial charge on any atom is 0.328 e. The minimum Gasteiger partial charge on any atom is -0.481 e. The molecule has 1 aliphatic heterocycles. The predicted octanol–water partition coefficient (Wildman–Crippen LogP) is -4.18. The molecule has 0 aromatic rings. The molecular weight excluding hydrogens is 380 g/mol. The minimum absolute atomic E-state index is 0.200. The molecule has 0 saturated carbocycles. The number of carbonyl (C=O) groups excluding carboxylic acids is 3. The molecule has 0 bridgehead atoms. The van der Waals surface area contributed by atoms with Gasteiger partial charge in [-0.15, -0.1) is 0 Å². The SMILES string of the molecule is NC(CO)C(=O)N1CCCC1C(=O)NC(CC(=O)O)C(=O)NC(CO)C(=O)O. The Morgan fingerprint density at radius 2 is 1.68 bits per heavy atom. The van der Waals surface area contributed by atoms with Crippen LogP contribution in [0.3, 0.4) is 0 Å². The molecular formula is C15H24N4O9. The van der Waals surface area contributed by atoms with E-state index in [4.69, 9.17) is 26.2 Å². The van der Waals surface area contributed by atoms with Crippen molar-refractivity contribution in [1.29, 1.82) is 0 Å². The van der Waals surface area contributed by atoms with Crippen LogP contribution >= 0.6 is 0 Å². The number of amides is 3. The van der Waals surface area contributed by atoms with E-state index in [1.807, 2.05) is 5.32 Å². The van der Waals surface area contributed by atoms with Crippen molar-refractivity contribution < 1.29 is 44.4 Å². The van der Waals surface area contributed by atoms with Gasteiger partial charge in [-0.3, -0.25) is 19.2 Å². The van der Waals surface area contributed by atoms with Crippen LogP contribution in [0.2, 0.25) is 0 Å². The predicted molar refractivity (Wildman–Crippen MR) is 90.6 cm³/mol. The molecule has 1 rings (SSSR count). The first-order chi connectivity index (χ1) is 13.1. The molecule has 13 nitrogen and oxygen atoms in total. The van der Waals surface area contributed by atoms with E-state index in [9.17, 15) is 24.0 Å². The Morgan fingerprint density at radius 3 is 2.18 bits per heavy atom. The Balaban J connectivity index is 2.88. The van der Waals surface area contributed by atoms with E-state index in [1.165, 1.54) is 0 Å². The summed E-state index contributed by atoms with van der Waals surface area (Å²) in [5.41, 5.74) is 5.48. The first-order valence-corrected chi connectivity index (χ1v) is 8.45. The highest BCUT2D eigenvalue weighted by molar-refractivity contribution is 5.95. The molecule has 28 heavy (non-hydrogen) atoms. The molecule has 1 aliphatic rings. The molecule has 0 radical (unpaired) electrons. The summed E-state index contributed by atoms with van der Waals surface area (Å²) in [4.78, 5) is 59.9. The van der Waals surface area contributed by atoms with Gasteiger partial charge in [0, 0.05) is 6.54 Å². The normalized spacial score (nSPS) is 19.4. The van der Waals surface area contributed by atoms with Crippen LogP contribution in [0.15, 0.2) is 0 Å². The Kier molecular flexibility index (Phi) is 8.76. The number of carboxylic acids is 2. The summed E-state index contributed by atoms with van der Waals surface area (Å²) in [6.07, 6.45) is -0.138.